The van der Waals surface area contributed by atoms with Crippen molar-refractivity contribution in [2.45, 2.75) is 44.2 Å². The van der Waals surface area contributed by atoms with Crippen LogP contribution >= 0.6 is 0 Å². The molecule has 2 amide bonds. The van der Waals surface area contributed by atoms with Gasteiger partial charge in [-0.05, 0) is 43.0 Å². The zero-order chi connectivity index (χ0) is 20.5. The number of amides is 2. The Morgan fingerprint density at radius 3 is 2.57 bits per heavy atom. The molecule has 0 spiro atoms. The highest BCUT2D eigenvalue weighted by Crippen LogP contribution is 2.44. The van der Waals surface area contributed by atoms with E-state index in [0.717, 1.165) is 50.9 Å². The Kier molecular flexibility index (Phi) is 5.19. The molecule has 5 rings (SSSR count). The number of nitrogens with one attached hydrogen (secondary N) is 2. The topological polar surface area (TPSA) is 61.4 Å². The van der Waals surface area contributed by atoms with Gasteiger partial charge in [0.15, 0.2) is 0 Å². The second-order valence-electron chi connectivity index (χ2n) is 8.83. The average molecular weight is 404 g/mol. The number of benzene rings is 2. The van der Waals surface area contributed by atoms with Gasteiger partial charge in [0.1, 0.15) is 0 Å². The van der Waals surface area contributed by atoms with Crippen molar-refractivity contribution in [2.24, 2.45) is 11.8 Å². The van der Waals surface area contributed by atoms with Gasteiger partial charge in [0.25, 0.3) is 5.91 Å². The lowest BCUT2D eigenvalue weighted by atomic mass is 9.82. The number of fused-ring (bicyclic) bond motifs is 3. The number of hydrogen-bond donors (Lipinski definition) is 2. The van der Waals surface area contributed by atoms with Crippen molar-refractivity contribution < 1.29 is 9.59 Å². The standard InChI is InChI=1S/C25H29N3O2/c29-24(17-8-2-1-3-9-17)27-22-13-7-5-11-20(22)25(30)28-15-14-18-16-26-21-12-6-4-10-19(21)23(18)28/h1-4,6,8-10,12,18,20,22-23,26H,5,7,11,13-16H2,(H,27,29)/t18-,20+,22-,23-/m1/s1. The molecule has 0 aromatic heterocycles. The van der Waals surface area contributed by atoms with E-state index in [1.807, 2.05) is 36.4 Å². The highest BCUT2D eigenvalue weighted by Gasteiger charge is 2.44. The van der Waals surface area contributed by atoms with E-state index < -0.39 is 0 Å². The highest BCUT2D eigenvalue weighted by molar-refractivity contribution is 5.94. The van der Waals surface area contributed by atoms with Crippen molar-refractivity contribution in [2.75, 3.05) is 18.4 Å². The predicted octanol–water partition coefficient (Wildman–Crippen LogP) is 3.99. The Bertz CT molecular complexity index is 929. The van der Waals surface area contributed by atoms with E-state index in [1.54, 1.807) is 0 Å². The molecule has 30 heavy (non-hydrogen) atoms. The van der Waals surface area contributed by atoms with Gasteiger partial charge in [0.2, 0.25) is 5.91 Å². The largest absolute Gasteiger partial charge is 0.384 e. The van der Waals surface area contributed by atoms with E-state index in [0.29, 0.717) is 11.5 Å². The van der Waals surface area contributed by atoms with Gasteiger partial charge in [0.05, 0.1) is 12.0 Å². The zero-order valence-electron chi connectivity index (χ0n) is 17.2. The lowest BCUT2D eigenvalue weighted by Crippen LogP contribution is -2.50. The molecule has 1 saturated carbocycles. The van der Waals surface area contributed by atoms with Crippen LogP contribution in [-0.2, 0) is 4.79 Å². The minimum atomic E-state index is -0.132. The summed E-state index contributed by atoms with van der Waals surface area (Å²) in [4.78, 5) is 28.6. The number of anilines is 1. The molecule has 2 N–H and O–H groups in total. The molecule has 2 heterocycles. The third-order valence-corrected chi connectivity index (χ3v) is 7.08. The van der Waals surface area contributed by atoms with E-state index in [2.05, 4.69) is 33.7 Å². The van der Waals surface area contributed by atoms with E-state index in [4.69, 9.17) is 0 Å². The van der Waals surface area contributed by atoms with Gasteiger partial charge in [-0.2, -0.15) is 0 Å². The minimum absolute atomic E-state index is 0.0770. The first-order valence-electron chi connectivity index (χ1n) is 11.2. The van der Waals surface area contributed by atoms with Gasteiger partial charge >= 0.3 is 0 Å². The lowest BCUT2D eigenvalue weighted by molar-refractivity contribution is -0.138. The summed E-state index contributed by atoms with van der Waals surface area (Å²) in [5.41, 5.74) is 3.04. The maximum absolute atomic E-state index is 13.7. The van der Waals surface area contributed by atoms with E-state index in [9.17, 15) is 9.59 Å². The quantitative estimate of drug-likeness (QED) is 0.815. The molecule has 3 aliphatic rings. The Morgan fingerprint density at radius 2 is 1.70 bits per heavy atom. The first-order chi connectivity index (χ1) is 14.7. The molecule has 2 aromatic carbocycles. The highest BCUT2D eigenvalue weighted by atomic mass is 16.2. The van der Waals surface area contributed by atoms with Gasteiger partial charge in [-0.25, -0.2) is 0 Å². The third-order valence-electron chi connectivity index (χ3n) is 7.08. The molecule has 5 heteroatoms. The number of likely N-dealkylation sites (tertiary alicyclic amines) is 1. The molecular formula is C25H29N3O2. The van der Waals surface area contributed by atoms with Gasteiger partial charge in [-0.1, -0.05) is 49.2 Å². The SMILES string of the molecule is O=C(N[C@@H]1CCCC[C@@H]1C(=O)N1CC[C@@H]2CNc3ccccc3[C@@H]21)c1ccccc1. The first-order valence-corrected chi connectivity index (χ1v) is 11.2. The number of carbonyl (C=O) groups excluding carboxylic acids is 2. The third kappa shape index (κ3) is 3.47. The average Bonchev–Trinajstić information content (AvgIpc) is 3.24. The Hall–Kier alpha value is -2.82. The fraction of sp³-hybridized carbons (Fsp3) is 0.440. The van der Waals surface area contributed by atoms with E-state index in [1.165, 1.54) is 5.56 Å². The van der Waals surface area contributed by atoms with Crippen molar-refractivity contribution >= 4 is 17.5 Å². The van der Waals surface area contributed by atoms with Gasteiger partial charge in [0, 0.05) is 36.3 Å². The van der Waals surface area contributed by atoms with Crippen LogP contribution in [-0.4, -0.2) is 35.8 Å². The predicted molar refractivity (Wildman–Crippen MR) is 117 cm³/mol. The van der Waals surface area contributed by atoms with Crippen LogP contribution in [0.1, 0.15) is 54.1 Å². The van der Waals surface area contributed by atoms with Crippen molar-refractivity contribution in [3.63, 3.8) is 0 Å². The van der Waals surface area contributed by atoms with E-state index in [-0.39, 0.29) is 29.8 Å². The molecule has 5 nitrogen and oxygen atoms in total. The summed E-state index contributed by atoms with van der Waals surface area (Å²) in [5.74, 6) is 0.473. The van der Waals surface area contributed by atoms with Crippen LogP contribution in [0.3, 0.4) is 0 Å². The molecular weight excluding hydrogens is 374 g/mol. The van der Waals surface area contributed by atoms with Crippen LogP contribution in [0.25, 0.3) is 0 Å². The number of rotatable bonds is 3. The molecule has 2 aromatic rings. The van der Waals surface area contributed by atoms with E-state index >= 15 is 0 Å². The summed E-state index contributed by atoms with van der Waals surface area (Å²) in [6, 6.07) is 17.7. The molecule has 0 unspecified atom stereocenters. The molecule has 1 saturated heterocycles. The number of para-hydroxylation sites is 1. The van der Waals surface area contributed by atoms with Crippen molar-refractivity contribution in [3.05, 3.63) is 65.7 Å². The lowest BCUT2D eigenvalue weighted by Gasteiger charge is -2.39. The fourth-order valence-corrected chi connectivity index (χ4v) is 5.55. The van der Waals surface area contributed by atoms with Crippen LogP contribution in [0, 0.1) is 11.8 Å². The number of carbonyl (C=O) groups is 2. The zero-order valence-corrected chi connectivity index (χ0v) is 17.2. The monoisotopic (exact) mass is 403 g/mol. The fourth-order valence-electron chi connectivity index (χ4n) is 5.55. The Morgan fingerprint density at radius 1 is 0.933 bits per heavy atom. The Labute approximate surface area is 177 Å². The molecule has 156 valence electrons. The number of nitrogens with zero attached hydrogens (tertiary/aromatic N) is 1. The first kappa shape index (κ1) is 19.2. The van der Waals surface area contributed by atoms with Gasteiger partial charge in [-0.15, -0.1) is 0 Å². The molecule has 0 bridgehead atoms. The molecule has 2 fully saturated rings. The second kappa shape index (κ2) is 8.13. The van der Waals surface area contributed by atoms with Crippen molar-refractivity contribution in [1.82, 2.24) is 10.2 Å². The molecule has 2 aliphatic heterocycles. The second-order valence-corrected chi connectivity index (χ2v) is 8.83. The summed E-state index contributed by atoms with van der Waals surface area (Å²) in [7, 11) is 0. The smallest absolute Gasteiger partial charge is 0.251 e. The van der Waals surface area contributed by atoms with Crippen LogP contribution in [0.4, 0.5) is 5.69 Å². The maximum Gasteiger partial charge on any atom is 0.251 e. The summed E-state index contributed by atoms with van der Waals surface area (Å²) in [6.45, 7) is 1.73. The van der Waals surface area contributed by atoms with Crippen LogP contribution < -0.4 is 10.6 Å². The van der Waals surface area contributed by atoms with Crippen LogP contribution in [0.5, 0.6) is 0 Å². The maximum atomic E-state index is 13.7. The normalized spacial score (nSPS) is 27.5. The van der Waals surface area contributed by atoms with Crippen LogP contribution in [0.15, 0.2) is 54.6 Å². The van der Waals surface area contributed by atoms with Crippen molar-refractivity contribution in [3.8, 4) is 0 Å². The summed E-state index contributed by atoms with van der Waals surface area (Å²) >= 11 is 0. The molecule has 4 atom stereocenters. The summed E-state index contributed by atoms with van der Waals surface area (Å²) < 4.78 is 0. The summed E-state index contributed by atoms with van der Waals surface area (Å²) in [6.07, 6.45) is 4.86. The number of hydrogen-bond acceptors (Lipinski definition) is 3. The van der Waals surface area contributed by atoms with Gasteiger partial charge in [-0.3, -0.25) is 9.59 Å². The van der Waals surface area contributed by atoms with Crippen molar-refractivity contribution in [1.29, 1.82) is 0 Å². The molecule has 1 aliphatic carbocycles. The van der Waals surface area contributed by atoms with Gasteiger partial charge < -0.3 is 15.5 Å². The summed E-state index contributed by atoms with van der Waals surface area (Å²) in [5, 5.41) is 6.71. The molecule has 0 radical (unpaired) electrons. The minimum Gasteiger partial charge on any atom is -0.384 e. The van der Waals surface area contributed by atoms with Crippen LogP contribution in [0.2, 0.25) is 0 Å². The Balaban J connectivity index is 1.36.